The lowest BCUT2D eigenvalue weighted by Crippen LogP contribution is -1.86. The van der Waals surface area contributed by atoms with Gasteiger partial charge in [-0.1, -0.05) is 18.2 Å². The molecule has 0 N–H and O–H groups in total. The number of aromatic nitrogens is 2. The molecule has 1 aromatic carbocycles. The molecule has 0 aliphatic rings. The number of fused-ring (bicyclic) bond motifs is 1. The van der Waals surface area contributed by atoms with E-state index in [0.717, 1.165) is 21.8 Å². The van der Waals surface area contributed by atoms with Gasteiger partial charge in [-0.15, -0.1) is 0 Å². The maximum Gasteiger partial charge on any atom is 0.137 e. The minimum Gasteiger partial charge on any atom is -0.306 e. The van der Waals surface area contributed by atoms with Crippen molar-refractivity contribution in [3.05, 3.63) is 54.9 Å². The Morgan fingerprint density at radius 3 is 2.56 bits per heavy atom. The van der Waals surface area contributed by atoms with Gasteiger partial charge in [-0.3, -0.25) is 4.21 Å². The molecule has 0 bridgehead atoms. The first-order valence-corrected chi connectivity index (χ1v) is 7.17. The van der Waals surface area contributed by atoms with Crippen LogP contribution in [-0.2, 0) is 10.8 Å². The Hall–Kier alpha value is -1.94. The van der Waals surface area contributed by atoms with E-state index in [0.29, 0.717) is 0 Å². The molecule has 0 unspecified atom stereocenters. The predicted molar refractivity (Wildman–Crippen MR) is 73.0 cm³/mol. The highest BCUT2D eigenvalue weighted by Crippen LogP contribution is 2.20. The van der Waals surface area contributed by atoms with Crippen molar-refractivity contribution in [1.29, 1.82) is 0 Å². The molecule has 0 aliphatic heterocycles. The summed E-state index contributed by atoms with van der Waals surface area (Å²) in [5.74, 6) is 0. The normalized spacial score (nSPS) is 12.7. The number of pyridine rings is 1. The molecule has 3 aromatic rings. The molecule has 0 fully saturated rings. The van der Waals surface area contributed by atoms with Crippen molar-refractivity contribution >= 4 is 16.4 Å². The van der Waals surface area contributed by atoms with Crippen molar-refractivity contribution in [2.24, 2.45) is 0 Å². The van der Waals surface area contributed by atoms with Crippen molar-refractivity contribution in [2.75, 3.05) is 6.26 Å². The molecule has 0 radical (unpaired) electrons. The molecule has 4 heteroatoms. The van der Waals surface area contributed by atoms with Gasteiger partial charge in [-0.25, -0.2) is 4.98 Å². The summed E-state index contributed by atoms with van der Waals surface area (Å²) in [6.45, 7) is 0. The van der Waals surface area contributed by atoms with Crippen LogP contribution in [0, 0.1) is 0 Å². The monoisotopic (exact) mass is 256 g/mol. The van der Waals surface area contributed by atoms with E-state index in [4.69, 9.17) is 0 Å². The van der Waals surface area contributed by atoms with E-state index >= 15 is 0 Å². The highest BCUT2D eigenvalue weighted by molar-refractivity contribution is 7.84. The van der Waals surface area contributed by atoms with Gasteiger partial charge in [0, 0.05) is 39.9 Å². The SMILES string of the molecule is C[S@](=O)c1ccc(-c2cn3ccccc3n2)cc1. The van der Waals surface area contributed by atoms with Gasteiger partial charge in [-0.05, 0) is 24.3 Å². The summed E-state index contributed by atoms with van der Waals surface area (Å²) < 4.78 is 13.3. The van der Waals surface area contributed by atoms with Crippen LogP contribution in [0.25, 0.3) is 16.9 Å². The fourth-order valence-corrected chi connectivity index (χ4v) is 2.41. The van der Waals surface area contributed by atoms with Crippen LogP contribution in [0.5, 0.6) is 0 Å². The Labute approximate surface area is 108 Å². The summed E-state index contributed by atoms with van der Waals surface area (Å²) in [7, 11) is -0.934. The average molecular weight is 256 g/mol. The van der Waals surface area contributed by atoms with Crippen LogP contribution >= 0.6 is 0 Å². The minimum atomic E-state index is -0.934. The van der Waals surface area contributed by atoms with Crippen molar-refractivity contribution in [1.82, 2.24) is 9.38 Å². The van der Waals surface area contributed by atoms with E-state index < -0.39 is 10.8 Å². The third-order valence-corrected chi connectivity index (χ3v) is 3.78. The largest absolute Gasteiger partial charge is 0.306 e. The first-order valence-electron chi connectivity index (χ1n) is 5.61. The maximum absolute atomic E-state index is 11.3. The first kappa shape index (κ1) is 11.2. The summed E-state index contributed by atoms with van der Waals surface area (Å²) in [5.41, 5.74) is 2.89. The lowest BCUT2D eigenvalue weighted by molar-refractivity contribution is 0.687. The third kappa shape index (κ3) is 1.95. The lowest BCUT2D eigenvalue weighted by Gasteiger charge is -1.98. The molecule has 18 heavy (non-hydrogen) atoms. The van der Waals surface area contributed by atoms with Crippen LogP contribution < -0.4 is 0 Å². The fourth-order valence-electron chi connectivity index (χ4n) is 1.89. The van der Waals surface area contributed by atoms with Crippen LogP contribution in [0.4, 0.5) is 0 Å². The van der Waals surface area contributed by atoms with E-state index in [1.54, 1.807) is 6.26 Å². The molecule has 3 rings (SSSR count). The summed E-state index contributed by atoms with van der Waals surface area (Å²) in [5, 5.41) is 0. The second kappa shape index (κ2) is 4.38. The quantitative estimate of drug-likeness (QED) is 0.706. The molecule has 0 saturated heterocycles. The summed E-state index contributed by atoms with van der Waals surface area (Å²) >= 11 is 0. The standard InChI is InChI=1S/C14H12N2OS/c1-18(17)12-7-5-11(6-8-12)13-10-16-9-3-2-4-14(16)15-13/h2-10H,1H3/t18-/m0/s1. The van der Waals surface area contributed by atoms with Gasteiger partial charge in [0.15, 0.2) is 0 Å². The average Bonchev–Trinajstić information content (AvgIpc) is 2.82. The number of benzene rings is 1. The van der Waals surface area contributed by atoms with Gasteiger partial charge >= 0.3 is 0 Å². The van der Waals surface area contributed by atoms with Crippen LogP contribution in [0.1, 0.15) is 0 Å². The Balaban J connectivity index is 2.06. The van der Waals surface area contributed by atoms with Crippen molar-refractivity contribution in [3.63, 3.8) is 0 Å². The van der Waals surface area contributed by atoms with E-state index in [9.17, 15) is 4.21 Å². The maximum atomic E-state index is 11.3. The zero-order chi connectivity index (χ0) is 12.5. The fraction of sp³-hybridized carbons (Fsp3) is 0.0714. The van der Waals surface area contributed by atoms with Gasteiger partial charge in [0.25, 0.3) is 0 Å². The topological polar surface area (TPSA) is 34.4 Å². The molecule has 3 nitrogen and oxygen atoms in total. The van der Waals surface area contributed by atoms with Crippen molar-refractivity contribution in [3.8, 4) is 11.3 Å². The number of rotatable bonds is 2. The highest BCUT2D eigenvalue weighted by atomic mass is 32.2. The molecule has 2 heterocycles. The molecule has 90 valence electrons. The number of nitrogens with zero attached hydrogens (tertiary/aromatic N) is 2. The van der Waals surface area contributed by atoms with Crippen LogP contribution in [-0.4, -0.2) is 19.8 Å². The molecule has 0 saturated carbocycles. The van der Waals surface area contributed by atoms with Crippen molar-refractivity contribution < 1.29 is 4.21 Å². The molecule has 0 aliphatic carbocycles. The summed E-state index contributed by atoms with van der Waals surface area (Å²) in [6.07, 6.45) is 5.65. The summed E-state index contributed by atoms with van der Waals surface area (Å²) in [6, 6.07) is 13.6. The minimum absolute atomic E-state index is 0.836. The number of hydrogen-bond donors (Lipinski definition) is 0. The third-order valence-electron chi connectivity index (χ3n) is 2.85. The van der Waals surface area contributed by atoms with Gasteiger partial charge in [0.2, 0.25) is 0 Å². The molecular formula is C14H12N2OS. The Morgan fingerprint density at radius 2 is 1.89 bits per heavy atom. The van der Waals surface area contributed by atoms with Crippen LogP contribution in [0.3, 0.4) is 0 Å². The second-order valence-corrected chi connectivity index (χ2v) is 5.45. The lowest BCUT2D eigenvalue weighted by atomic mass is 10.2. The van der Waals surface area contributed by atoms with E-state index in [-0.39, 0.29) is 0 Å². The molecule has 2 aromatic heterocycles. The predicted octanol–water partition coefficient (Wildman–Crippen LogP) is 2.74. The molecule has 1 atom stereocenters. The van der Waals surface area contributed by atoms with Gasteiger partial charge in [0.1, 0.15) is 5.65 Å². The Morgan fingerprint density at radius 1 is 1.11 bits per heavy atom. The highest BCUT2D eigenvalue weighted by Gasteiger charge is 2.04. The van der Waals surface area contributed by atoms with E-state index in [2.05, 4.69) is 4.98 Å². The van der Waals surface area contributed by atoms with Crippen LogP contribution in [0.2, 0.25) is 0 Å². The smallest absolute Gasteiger partial charge is 0.137 e. The number of imidazole rings is 1. The molecular weight excluding hydrogens is 244 g/mol. The van der Waals surface area contributed by atoms with Gasteiger partial charge in [0.05, 0.1) is 5.69 Å². The first-order chi connectivity index (χ1) is 8.74. The number of hydrogen-bond acceptors (Lipinski definition) is 2. The van der Waals surface area contributed by atoms with E-state index in [1.165, 1.54) is 0 Å². The Bertz CT molecular complexity index is 683. The van der Waals surface area contributed by atoms with Crippen molar-refractivity contribution in [2.45, 2.75) is 4.90 Å². The van der Waals surface area contributed by atoms with E-state index in [1.807, 2.05) is 59.3 Å². The Kier molecular flexibility index (Phi) is 2.72. The van der Waals surface area contributed by atoms with Gasteiger partial charge in [-0.2, -0.15) is 0 Å². The zero-order valence-electron chi connectivity index (χ0n) is 9.91. The molecule has 0 spiro atoms. The second-order valence-electron chi connectivity index (χ2n) is 4.07. The molecule has 0 amide bonds. The summed E-state index contributed by atoms with van der Waals surface area (Å²) in [4.78, 5) is 5.38. The zero-order valence-corrected chi connectivity index (χ0v) is 10.7. The van der Waals surface area contributed by atoms with Crippen LogP contribution in [0.15, 0.2) is 59.8 Å². The van der Waals surface area contributed by atoms with Gasteiger partial charge < -0.3 is 4.40 Å².